The van der Waals surface area contributed by atoms with E-state index >= 15 is 0 Å². The molecule has 0 unspecified atom stereocenters. The number of aromatic nitrogens is 1. The largest absolute Gasteiger partial charge is 0.474 e. The van der Waals surface area contributed by atoms with E-state index in [1.165, 1.54) is 44.1 Å². The Labute approximate surface area is 129 Å². The van der Waals surface area contributed by atoms with Crippen LogP contribution < -0.4 is 10.1 Å². The first-order valence-electron chi connectivity index (χ1n) is 8.57. The molecule has 0 aliphatic heterocycles. The molecule has 1 N–H and O–H groups in total. The van der Waals surface area contributed by atoms with Crippen LogP contribution in [0.15, 0.2) is 12.1 Å². The molecule has 1 saturated carbocycles. The second-order valence-electron chi connectivity index (χ2n) is 6.43. The number of pyridine rings is 1. The summed E-state index contributed by atoms with van der Waals surface area (Å²) >= 11 is 0. The molecular weight excluding hydrogens is 260 g/mol. The second-order valence-corrected chi connectivity index (χ2v) is 6.43. The van der Waals surface area contributed by atoms with E-state index in [1.54, 1.807) is 0 Å². The summed E-state index contributed by atoms with van der Waals surface area (Å²) < 4.78 is 6.19. The Bertz CT molecular complexity index is 423. The molecular formula is C18H30N2O. The fraction of sp³-hybridized carbons (Fsp3) is 0.722. The van der Waals surface area contributed by atoms with Gasteiger partial charge in [-0.2, -0.15) is 0 Å². The molecule has 118 valence electrons. The Morgan fingerprint density at radius 3 is 2.52 bits per heavy atom. The minimum Gasteiger partial charge on any atom is -0.474 e. The third-order valence-electron chi connectivity index (χ3n) is 4.08. The van der Waals surface area contributed by atoms with Gasteiger partial charge in [0, 0.05) is 24.3 Å². The van der Waals surface area contributed by atoms with Gasteiger partial charge in [-0.25, -0.2) is 4.98 Å². The summed E-state index contributed by atoms with van der Waals surface area (Å²) in [4.78, 5) is 4.65. The van der Waals surface area contributed by atoms with Crippen LogP contribution in [0, 0.1) is 0 Å². The molecule has 2 rings (SSSR count). The predicted molar refractivity (Wildman–Crippen MR) is 87.7 cm³/mol. The van der Waals surface area contributed by atoms with Crippen LogP contribution in [0.3, 0.4) is 0 Å². The molecule has 1 heterocycles. The van der Waals surface area contributed by atoms with Gasteiger partial charge in [-0.05, 0) is 43.7 Å². The number of ether oxygens (including phenoxy) is 1. The SMILES string of the molecule is CCc1cc(CNC(C)C)cc(OC2CCCCCC2)n1. The second kappa shape index (κ2) is 8.38. The minimum absolute atomic E-state index is 0.359. The quantitative estimate of drug-likeness (QED) is 0.796. The van der Waals surface area contributed by atoms with Crippen LogP contribution in [-0.4, -0.2) is 17.1 Å². The molecule has 0 spiro atoms. The summed E-state index contributed by atoms with van der Waals surface area (Å²) in [6, 6.07) is 4.80. The Kier molecular flexibility index (Phi) is 6.50. The van der Waals surface area contributed by atoms with Crippen LogP contribution in [-0.2, 0) is 13.0 Å². The lowest BCUT2D eigenvalue weighted by molar-refractivity contribution is 0.175. The van der Waals surface area contributed by atoms with Crippen molar-refractivity contribution in [2.24, 2.45) is 0 Å². The van der Waals surface area contributed by atoms with E-state index in [-0.39, 0.29) is 0 Å². The van der Waals surface area contributed by atoms with Crippen molar-refractivity contribution in [1.82, 2.24) is 10.3 Å². The van der Waals surface area contributed by atoms with Gasteiger partial charge in [0.05, 0.1) is 0 Å². The van der Waals surface area contributed by atoms with Crippen LogP contribution in [0.2, 0.25) is 0 Å². The van der Waals surface area contributed by atoms with Crippen LogP contribution in [0.4, 0.5) is 0 Å². The van der Waals surface area contributed by atoms with E-state index < -0.39 is 0 Å². The number of nitrogens with zero attached hydrogens (tertiary/aromatic N) is 1. The standard InChI is InChI=1S/C18H30N2O/c1-4-16-11-15(13-19-14(2)3)12-18(20-16)21-17-9-7-5-6-8-10-17/h11-12,14,17,19H,4-10,13H2,1-3H3. The lowest BCUT2D eigenvalue weighted by Gasteiger charge is -2.18. The first-order chi connectivity index (χ1) is 10.2. The summed E-state index contributed by atoms with van der Waals surface area (Å²) in [5.41, 5.74) is 2.40. The smallest absolute Gasteiger partial charge is 0.214 e. The van der Waals surface area contributed by atoms with Gasteiger partial charge < -0.3 is 10.1 Å². The maximum atomic E-state index is 6.19. The zero-order valence-electron chi connectivity index (χ0n) is 13.8. The molecule has 0 aromatic carbocycles. The Hall–Kier alpha value is -1.09. The van der Waals surface area contributed by atoms with E-state index in [4.69, 9.17) is 4.74 Å². The molecule has 0 radical (unpaired) electrons. The first kappa shape index (κ1) is 16.3. The minimum atomic E-state index is 0.359. The molecule has 1 aliphatic carbocycles. The van der Waals surface area contributed by atoms with E-state index in [9.17, 15) is 0 Å². The molecule has 21 heavy (non-hydrogen) atoms. The van der Waals surface area contributed by atoms with Crippen molar-refractivity contribution >= 4 is 0 Å². The van der Waals surface area contributed by atoms with E-state index in [1.807, 2.05) is 0 Å². The van der Waals surface area contributed by atoms with Crippen LogP contribution in [0.25, 0.3) is 0 Å². The van der Waals surface area contributed by atoms with Crippen LogP contribution in [0.1, 0.15) is 70.6 Å². The predicted octanol–water partition coefficient (Wildman–Crippen LogP) is 4.24. The van der Waals surface area contributed by atoms with Crippen LogP contribution in [0.5, 0.6) is 5.88 Å². The molecule has 0 bridgehead atoms. The van der Waals surface area contributed by atoms with Crippen molar-refractivity contribution in [3.63, 3.8) is 0 Å². The highest BCUT2D eigenvalue weighted by Crippen LogP contribution is 2.23. The van der Waals surface area contributed by atoms with Crippen molar-refractivity contribution in [3.05, 3.63) is 23.4 Å². The average molecular weight is 290 g/mol. The van der Waals surface area contributed by atoms with E-state index in [2.05, 4.69) is 43.2 Å². The van der Waals surface area contributed by atoms with Gasteiger partial charge in [0.2, 0.25) is 5.88 Å². The third kappa shape index (κ3) is 5.66. The van der Waals surface area contributed by atoms with E-state index in [0.717, 1.165) is 24.5 Å². The Morgan fingerprint density at radius 1 is 1.19 bits per heavy atom. The lowest BCUT2D eigenvalue weighted by Crippen LogP contribution is -2.22. The third-order valence-corrected chi connectivity index (χ3v) is 4.08. The van der Waals surface area contributed by atoms with Gasteiger partial charge in [-0.15, -0.1) is 0 Å². The Balaban J connectivity index is 2.04. The van der Waals surface area contributed by atoms with Crippen molar-refractivity contribution in [1.29, 1.82) is 0 Å². The molecule has 0 saturated heterocycles. The van der Waals surface area contributed by atoms with Gasteiger partial charge in [-0.3, -0.25) is 0 Å². The summed E-state index contributed by atoms with van der Waals surface area (Å²) in [5, 5.41) is 3.47. The highest BCUT2D eigenvalue weighted by atomic mass is 16.5. The van der Waals surface area contributed by atoms with E-state index in [0.29, 0.717) is 12.1 Å². The summed E-state index contributed by atoms with van der Waals surface area (Å²) in [7, 11) is 0. The van der Waals surface area contributed by atoms with Crippen molar-refractivity contribution < 1.29 is 4.74 Å². The number of hydrogen-bond donors (Lipinski definition) is 1. The fourth-order valence-corrected chi connectivity index (χ4v) is 2.82. The van der Waals surface area contributed by atoms with Gasteiger partial charge in [0.25, 0.3) is 0 Å². The zero-order valence-corrected chi connectivity index (χ0v) is 13.8. The van der Waals surface area contributed by atoms with Crippen molar-refractivity contribution in [2.45, 2.75) is 84.4 Å². The molecule has 3 heteroatoms. The number of nitrogens with one attached hydrogen (secondary N) is 1. The molecule has 0 atom stereocenters. The number of rotatable bonds is 6. The molecule has 0 amide bonds. The van der Waals surface area contributed by atoms with Crippen LogP contribution >= 0.6 is 0 Å². The van der Waals surface area contributed by atoms with Crippen molar-refractivity contribution in [3.8, 4) is 5.88 Å². The highest BCUT2D eigenvalue weighted by Gasteiger charge is 2.15. The molecule has 1 aromatic rings. The zero-order chi connectivity index (χ0) is 15.1. The van der Waals surface area contributed by atoms with Gasteiger partial charge in [0.15, 0.2) is 0 Å². The Morgan fingerprint density at radius 2 is 1.90 bits per heavy atom. The number of hydrogen-bond acceptors (Lipinski definition) is 3. The molecule has 1 aromatic heterocycles. The number of aryl methyl sites for hydroxylation is 1. The van der Waals surface area contributed by atoms with Gasteiger partial charge >= 0.3 is 0 Å². The topological polar surface area (TPSA) is 34.1 Å². The summed E-state index contributed by atoms with van der Waals surface area (Å²) in [6.45, 7) is 7.38. The fourth-order valence-electron chi connectivity index (χ4n) is 2.82. The normalized spacial score (nSPS) is 17.0. The first-order valence-corrected chi connectivity index (χ1v) is 8.57. The van der Waals surface area contributed by atoms with Gasteiger partial charge in [-0.1, -0.05) is 33.6 Å². The maximum absolute atomic E-state index is 6.19. The van der Waals surface area contributed by atoms with Crippen molar-refractivity contribution in [2.75, 3.05) is 0 Å². The lowest BCUT2D eigenvalue weighted by atomic mass is 10.1. The monoisotopic (exact) mass is 290 g/mol. The molecule has 1 aliphatic rings. The molecule has 1 fully saturated rings. The average Bonchev–Trinajstić information content (AvgIpc) is 2.73. The molecule has 3 nitrogen and oxygen atoms in total. The summed E-state index contributed by atoms with van der Waals surface area (Å²) in [6.07, 6.45) is 8.96. The summed E-state index contributed by atoms with van der Waals surface area (Å²) in [5.74, 6) is 0.821. The maximum Gasteiger partial charge on any atom is 0.214 e. The van der Waals surface area contributed by atoms with Gasteiger partial charge in [0.1, 0.15) is 6.10 Å². The highest BCUT2D eigenvalue weighted by molar-refractivity contribution is 5.25.